The summed E-state index contributed by atoms with van der Waals surface area (Å²) in [5, 5.41) is 0. The van der Waals surface area contributed by atoms with Crippen LogP contribution >= 0.6 is 10.7 Å². The van der Waals surface area contributed by atoms with Crippen LogP contribution in [0.15, 0.2) is 23.1 Å². The van der Waals surface area contributed by atoms with Crippen LogP contribution in [0.5, 0.6) is 5.75 Å². The second-order valence-electron chi connectivity index (χ2n) is 4.42. The van der Waals surface area contributed by atoms with Crippen molar-refractivity contribution in [1.29, 1.82) is 0 Å². The van der Waals surface area contributed by atoms with Crippen LogP contribution in [-0.2, 0) is 18.5 Å². The lowest BCUT2D eigenvalue weighted by atomic mass is 10.2. The highest BCUT2D eigenvalue weighted by molar-refractivity contribution is 8.13. The van der Waals surface area contributed by atoms with Crippen LogP contribution in [0.3, 0.4) is 0 Å². The average Bonchev–Trinajstić information content (AvgIpc) is 2.91. The van der Waals surface area contributed by atoms with Crippen molar-refractivity contribution in [2.75, 3.05) is 19.8 Å². The fraction of sp³-hybridized carbons (Fsp3) is 0.462. The Labute approximate surface area is 127 Å². The monoisotopic (exact) mass is 334 g/mol. The standard InChI is InChI=1S/C13H15ClO6S/c1-2-19-12-4-3-10(21(14,16)17)7-11(12)13(15)20-9-5-6-18-8-9/h3-4,7,9H,2,5-6,8H2,1H3. The van der Waals surface area contributed by atoms with Crippen molar-refractivity contribution in [2.24, 2.45) is 0 Å². The van der Waals surface area contributed by atoms with E-state index in [2.05, 4.69) is 0 Å². The maximum Gasteiger partial charge on any atom is 0.342 e. The van der Waals surface area contributed by atoms with E-state index >= 15 is 0 Å². The van der Waals surface area contributed by atoms with E-state index in [0.29, 0.717) is 26.2 Å². The largest absolute Gasteiger partial charge is 0.493 e. The Hall–Kier alpha value is -1.31. The molecular weight excluding hydrogens is 320 g/mol. The highest BCUT2D eigenvalue weighted by Gasteiger charge is 2.24. The smallest absolute Gasteiger partial charge is 0.342 e. The van der Waals surface area contributed by atoms with Crippen molar-refractivity contribution in [3.63, 3.8) is 0 Å². The Bertz CT molecular complexity index is 622. The molecule has 8 heteroatoms. The lowest BCUT2D eigenvalue weighted by molar-refractivity contribution is 0.0266. The van der Waals surface area contributed by atoms with Gasteiger partial charge in [0.05, 0.1) is 24.7 Å². The number of benzene rings is 1. The van der Waals surface area contributed by atoms with Gasteiger partial charge in [-0.25, -0.2) is 13.2 Å². The van der Waals surface area contributed by atoms with Gasteiger partial charge in [0.1, 0.15) is 17.4 Å². The van der Waals surface area contributed by atoms with E-state index in [1.54, 1.807) is 6.92 Å². The SMILES string of the molecule is CCOc1ccc(S(=O)(=O)Cl)cc1C(=O)OC1CCOC1. The van der Waals surface area contributed by atoms with Gasteiger partial charge in [-0.05, 0) is 25.1 Å². The van der Waals surface area contributed by atoms with E-state index in [1.807, 2.05) is 0 Å². The van der Waals surface area contributed by atoms with Crippen LogP contribution < -0.4 is 4.74 Å². The topological polar surface area (TPSA) is 78.9 Å². The van der Waals surface area contributed by atoms with Crippen molar-refractivity contribution >= 4 is 25.7 Å². The number of hydrogen-bond acceptors (Lipinski definition) is 6. The third-order valence-electron chi connectivity index (χ3n) is 2.91. The number of ether oxygens (including phenoxy) is 3. The molecular formula is C13H15ClO6S. The number of carbonyl (C=O) groups excluding carboxylic acids is 1. The molecule has 0 radical (unpaired) electrons. The Morgan fingerprint density at radius 1 is 1.48 bits per heavy atom. The Kier molecular flexibility index (Phi) is 5.08. The maximum absolute atomic E-state index is 12.2. The zero-order chi connectivity index (χ0) is 15.5. The molecule has 1 unspecified atom stereocenters. The van der Waals surface area contributed by atoms with Crippen molar-refractivity contribution in [2.45, 2.75) is 24.3 Å². The molecule has 21 heavy (non-hydrogen) atoms. The zero-order valence-electron chi connectivity index (χ0n) is 11.4. The quantitative estimate of drug-likeness (QED) is 0.605. The Morgan fingerprint density at radius 2 is 2.24 bits per heavy atom. The highest BCUT2D eigenvalue weighted by atomic mass is 35.7. The van der Waals surface area contributed by atoms with Gasteiger partial charge in [-0.1, -0.05) is 0 Å². The van der Waals surface area contributed by atoms with Gasteiger partial charge in [0.2, 0.25) is 0 Å². The molecule has 1 aliphatic rings. The minimum absolute atomic E-state index is 0.0328. The fourth-order valence-corrected chi connectivity index (χ4v) is 2.70. The molecule has 1 fully saturated rings. The number of esters is 1. The minimum Gasteiger partial charge on any atom is -0.493 e. The molecule has 0 amide bonds. The van der Waals surface area contributed by atoms with Crippen LogP contribution in [-0.4, -0.2) is 40.3 Å². The second-order valence-corrected chi connectivity index (χ2v) is 6.99. The lowest BCUT2D eigenvalue weighted by Crippen LogP contribution is -2.19. The van der Waals surface area contributed by atoms with Gasteiger partial charge in [-0.3, -0.25) is 0 Å². The minimum atomic E-state index is -3.93. The van der Waals surface area contributed by atoms with E-state index in [-0.39, 0.29) is 22.3 Å². The van der Waals surface area contributed by atoms with Crippen LogP contribution in [0.2, 0.25) is 0 Å². The molecule has 1 saturated heterocycles. The first-order valence-electron chi connectivity index (χ1n) is 6.42. The summed E-state index contributed by atoms with van der Waals surface area (Å²) in [5.74, 6) is -0.401. The van der Waals surface area contributed by atoms with Crippen molar-refractivity contribution in [3.05, 3.63) is 23.8 Å². The first-order chi connectivity index (χ1) is 9.91. The van der Waals surface area contributed by atoms with Gasteiger partial charge in [0, 0.05) is 17.1 Å². The molecule has 1 aliphatic heterocycles. The van der Waals surface area contributed by atoms with E-state index in [1.165, 1.54) is 12.1 Å². The van der Waals surface area contributed by atoms with Gasteiger partial charge in [0.15, 0.2) is 0 Å². The molecule has 6 nitrogen and oxygen atoms in total. The lowest BCUT2D eigenvalue weighted by Gasteiger charge is -2.13. The van der Waals surface area contributed by atoms with E-state index in [0.717, 1.165) is 6.07 Å². The Morgan fingerprint density at radius 3 is 2.81 bits per heavy atom. The molecule has 0 bridgehead atoms. The van der Waals surface area contributed by atoms with Crippen molar-refractivity contribution in [3.8, 4) is 5.75 Å². The molecule has 2 rings (SSSR count). The number of halogens is 1. The zero-order valence-corrected chi connectivity index (χ0v) is 12.9. The highest BCUT2D eigenvalue weighted by Crippen LogP contribution is 2.26. The molecule has 0 aromatic heterocycles. The van der Waals surface area contributed by atoms with E-state index < -0.39 is 15.0 Å². The summed E-state index contributed by atoms with van der Waals surface area (Å²) in [5.41, 5.74) is 0.0328. The summed E-state index contributed by atoms with van der Waals surface area (Å²) in [6.07, 6.45) is 0.284. The summed E-state index contributed by atoms with van der Waals surface area (Å²) < 4.78 is 38.5. The van der Waals surface area contributed by atoms with Crippen LogP contribution in [0.4, 0.5) is 0 Å². The molecule has 116 valence electrons. The molecule has 1 heterocycles. The molecule has 1 atom stereocenters. The summed E-state index contributed by atoms with van der Waals surface area (Å²) >= 11 is 0. The molecule has 0 spiro atoms. The van der Waals surface area contributed by atoms with Gasteiger partial charge in [-0.15, -0.1) is 0 Å². The summed E-state index contributed by atoms with van der Waals surface area (Å²) in [6.45, 7) is 2.96. The normalized spacial score (nSPS) is 18.5. The van der Waals surface area contributed by atoms with Gasteiger partial charge in [0.25, 0.3) is 9.05 Å². The fourth-order valence-electron chi connectivity index (χ4n) is 1.92. The summed E-state index contributed by atoms with van der Waals surface area (Å²) in [6, 6.07) is 3.83. The van der Waals surface area contributed by atoms with Gasteiger partial charge in [-0.2, -0.15) is 0 Å². The molecule has 0 aliphatic carbocycles. The molecule has 0 saturated carbocycles. The van der Waals surface area contributed by atoms with Gasteiger partial charge >= 0.3 is 5.97 Å². The molecule has 1 aromatic rings. The predicted octanol–water partition coefficient (Wildman–Crippen LogP) is 1.96. The summed E-state index contributed by atoms with van der Waals surface area (Å²) in [4.78, 5) is 12.0. The summed E-state index contributed by atoms with van der Waals surface area (Å²) in [7, 11) is 1.36. The van der Waals surface area contributed by atoms with Crippen LogP contribution in [0, 0.1) is 0 Å². The maximum atomic E-state index is 12.2. The van der Waals surface area contributed by atoms with Gasteiger partial charge < -0.3 is 14.2 Å². The number of hydrogen-bond donors (Lipinski definition) is 0. The van der Waals surface area contributed by atoms with Crippen LogP contribution in [0.1, 0.15) is 23.7 Å². The molecule has 1 aromatic carbocycles. The number of rotatable bonds is 5. The first-order valence-corrected chi connectivity index (χ1v) is 8.73. The van der Waals surface area contributed by atoms with Crippen molar-refractivity contribution < 1.29 is 27.4 Å². The third kappa shape index (κ3) is 4.09. The number of carbonyl (C=O) groups is 1. The van der Waals surface area contributed by atoms with E-state index in [9.17, 15) is 13.2 Å². The molecule has 0 N–H and O–H groups in total. The third-order valence-corrected chi connectivity index (χ3v) is 4.27. The van der Waals surface area contributed by atoms with Crippen LogP contribution in [0.25, 0.3) is 0 Å². The van der Waals surface area contributed by atoms with E-state index in [4.69, 9.17) is 24.9 Å². The average molecular weight is 335 g/mol. The second kappa shape index (κ2) is 6.64. The predicted molar refractivity (Wildman–Crippen MR) is 75.3 cm³/mol. The Balaban J connectivity index is 2.30. The first kappa shape index (κ1) is 16.1. The van der Waals surface area contributed by atoms with Crippen molar-refractivity contribution in [1.82, 2.24) is 0 Å².